The molecule has 0 saturated heterocycles. The Morgan fingerprint density at radius 3 is 2.43 bits per heavy atom. The molecule has 0 fully saturated rings. The van der Waals surface area contributed by atoms with Crippen molar-refractivity contribution in [2.45, 2.75) is 26.7 Å². The number of hydrazone groups is 1. The Morgan fingerprint density at radius 1 is 1.09 bits per heavy atom. The van der Waals surface area contributed by atoms with Crippen LogP contribution in [0.2, 0.25) is 0 Å². The van der Waals surface area contributed by atoms with E-state index >= 15 is 0 Å². The minimum atomic E-state index is -0.0841. The summed E-state index contributed by atoms with van der Waals surface area (Å²) in [5, 5.41) is 4.16. The second kappa shape index (κ2) is 8.73. The monoisotopic (exact) mass is 310 g/mol. The molecule has 0 spiro atoms. The van der Waals surface area contributed by atoms with Gasteiger partial charge in [0.2, 0.25) is 5.91 Å². The van der Waals surface area contributed by atoms with Gasteiger partial charge < -0.3 is 4.74 Å². The number of ether oxygens (including phenoxy) is 1. The molecule has 0 saturated carbocycles. The minimum absolute atomic E-state index is 0.0841. The largest absolute Gasteiger partial charge is 0.494 e. The number of nitrogens with one attached hydrogen (secondary N) is 1. The summed E-state index contributed by atoms with van der Waals surface area (Å²) in [4.78, 5) is 11.9. The van der Waals surface area contributed by atoms with Gasteiger partial charge in [-0.05, 0) is 55.7 Å². The van der Waals surface area contributed by atoms with Gasteiger partial charge in [-0.2, -0.15) is 5.10 Å². The number of carbonyl (C=O) groups is 1. The van der Waals surface area contributed by atoms with Crippen LogP contribution in [-0.4, -0.2) is 18.2 Å². The molecule has 0 aromatic heterocycles. The zero-order valence-corrected chi connectivity index (χ0v) is 13.6. The summed E-state index contributed by atoms with van der Waals surface area (Å²) in [5.41, 5.74) is 5.48. The third-order valence-corrected chi connectivity index (χ3v) is 3.41. The normalized spacial score (nSPS) is 11.1. The molecular formula is C19H22N2O2. The molecule has 4 nitrogen and oxygen atoms in total. The number of benzene rings is 2. The summed E-state index contributed by atoms with van der Waals surface area (Å²) in [5.74, 6) is 0.745. The van der Waals surface area contributed by atoms with Crippen molar-refractivity contribution in [3.63, 3.8) is 0 Å². The molecule has 0 heterocycles. The van der Waals surface area contributed by atoms with Crippen LogP contribution < -0.4 is 10.2 Å². The molecule has 0 bridgehead atoms. The molecule has 2 aromatic rings. The number of nitrogens with zero attached hydrogens (tertiary/aromatic N) is 1. The summed E-state index contributed by atoms with van der Waals surface area (Å²) in [6, 6.07) is 17.6. The number of carbonyl (C=O) groups excluding carboxylic acids is 1. The second-order valence-electron chi connectivity index (χ2n) is 5.18. The third-order valence-electron chi connectivity index (χ3n) is 3.41. The Kier molecular flexibility index (Phi) is 6.36. The van der Waals surface area contributed by atoms with Gasteiger partial charge in [-0.25, -0.2) is 5.43 Å². The molecule has 0 aliphatic heterocycles. The van der Waals surface area contributed by atoms with Crippen LogP contribution in [0.4, 0.5) is 0 Å². The molecular weight excluding hydrogens is 288 g/mol. The van der Waals surface area contributed by atoms with E-state index in [0.717, 1.165) is 22.6 Å². The van der Waals surface area contributed by atoms with E-state index in [1.54, 1.807) is 0 Å². The van der Waals surface area contributed by atoms with Crippen molar-refractivity contribution >= 4 is 11.6 Å². The molecule has 0 atom stereocenters. The molecule has 2 aromatic carbocycles. The molecule has 23 heavy (non-hydrogen) atoms. The Bertz CT molecular complexity index is 649. The maximum Gasteiger partial charge on any atom is 0.240 e. The highest BCUT2D eigenvalue weighted by Crippen LogP contribution is 2.12. The highest BCUT2D eigenvalue weighted by atomic mass is 16.5. The SMILES string of the molecule is CCOc1ccc(C(C)=NNC(=O)CCc2ccccc2)cc1. The van der Waals surface area contributed by atoms with Crippen molar-refractivity contribution < 1.29 is 9.53 Å². The van der Waals surface area contributed by atoms with Gasteiger partial charge in [-0.3, -0.25) is 4.79 Å². The Hall–Kier alpha value is -2.62. The lowest BCUT2D eigenvalue weighted by Crippen LogP contribution is -2.19. The standard InChI is InChI=1S/C19H22N2O2/c1-3-23-18-12-10-17(11-13-18)15(2)20-21-19(22)14-9-16-7-5-4-6-8-16/h4-8,10-13H,3,9,14H2,1-2H3,(H,21,22). The van der Waals surface area contributed by atoms with Crippen LogP contribution >= 0.6 is 0 Å². The van der Waals surface area contributed by atoms with Crippen LogP contribution in [0.15, 0.2) is 59.7 Å². The van der Waals surface area contributed by atoms with Crippen molar-refractivity contribution in [2.24, 2.45) is 5.10 Å². The van der Waals surface area contributed by atoms with Crippen LogP contribution in [0, 0.1) is 0 Å². The topological polar surface area (TPSA) is 50.7 Å². The van der Waals surface area contributed by atoms with E-state index in [1.165, 1.54) is 0 Å². The Balaban J connectivity index is 1.84. The van der Waals surface area contributed by atoms with Gasteiger partial charge in [-0.1, -0.05) is 30.3 Å². The fraction of sp³-hybridized carbons (Fsp3) is 0.263. The quantitative estimate of drug-likeness (QED) is 0.628. The van der Waals surface area contributed by atoms with Gasteiger partial charge in [-0.15, -0.1) is 0 Å². The van der Waals surface area contributed by atoms with E-state index in [1.807, 2.05) is 68.4 Å². The third kappa shape index (κ3) is 5.58. The first kappa shape index (κ1) is 16.7. The first-order valence-electron chi connectivity index (χ1n) is 7.79. The summed E-state index contributed by atoms with van der Waals surface area (Å²) in [6.45, 7) is 4.46. The Morgan fingerprint density at radius 2 is 1.78 bits per heavy atom. The number of aryl methyl sites for hydroxylation is 1. The lowest BCUT2D eigenvalue weighted by atomic mass is 10.1. The molecule has 120 valence electrons. The number of amides is 1. The smallest absolute Gasteiger partial charge is 0.240 e. The van der Waals surface area contributed by atoms with Gasteiger partial charge in [0.1, 0.15) is 5.75 Å². The first-order valence-corrected chi connectivity index (χ1v) is 7.79. The van der Waals surface area contributed by atoms with E-state index in [2.05, 4.69) is 10.5 Å². The summed E-state index contributed by atoms with van der Waals surface area (Å²) in [7, 11) is 0. The highest BCUT2D eigenvalue weighted by Gasteiger charge is 2.03. The van der Waals surface area contributed by atoms with Gasteiger partial charge >= 0.3 is 0 Å². The molecule has 0 radical (unpaired) electrons. The second-order valence-corrected chi connectivity index (χ2v) is 5.18. The fourth-order valence-corrected chi connectivity index (χ4v) is 2.13. The van der Waals surface area contributed by atoms with Crippen molar-refractivity contribution in [2.75, 3.05) is 6.61 Å². The van der Waals surface area contributed by atoms with E-state index in [-0.39, 0.29) is 5.91 Å². The molecule has 4 heteroatoms. The van der Waals surface area contributed by atoms with Gasteiger partial charge in [0.15, 0.2) is 0 Å². The lowest BCUT2D eigenvalue weighted by Gasteiger charge is -2.05. The average Bonchev–Trinajstić information content (AvgIpc) is 2.59. The summed E-state index contributed by atoms with van der Waals surface area (Å²) < 4.78 is 5.40. The van der Waals surface area contributed by atoms with Crippen molar-refractivity contribution in [3.8, 4) is 5.75 Å². The van der Waals surface area contributed by atoms with Crippen LogP contribution in [0.1, 0.15) is 31.4 Å². The predicted molar refractivity (Wildman–Crippen MR) is 92.7 cm³/mol. The first-order chi connectivity index (χ1) is 11.2. The summed E-state index contributed by atoms with van der Waals surface area (Å²) in [6.07, 6.45) is 1.13. The van der Waals surface area contributed by atoms with Crippen LogP contribution in [0.5, 0.6) is 5.75 Å². The maximum atomic E-state index is 11.9. The fourth-order valence-electron chi connectivity index (χ4n) is 2.13. The molecule has 1 N–H and O–H groups in total. The van der Waals surface area contributed by atoms with E-state index < -0.39 is 0 Å². The molecule has 1 amide bonds. The predicted octanol–water partition coefficient (Wildman–Crippen LogP) is 3.56. The van der Waals surface area contributed by atoms with Crippen LogP contribution in [-0.2, 0) is 11.2 Å². The van der Waals surface area contributed by atoms with E-state index in [0.29, 0.717) is 19.4 Å². The zero-order valence-electron chi connectivity index (χ0n) is 13.6. The minimum Gasteiger partial charge on any atom is -0.494 e. The zero-order chi connectivity index (χ0) is 16.5. The number of rotatable bonds is 7. The van der Waals surface area contributed by atoms with Gasteiger partial charge in [0.05, 0.1) is 12.3 Å². The van der Waals surface area contributed by atoms with E-state index in [4.69, 9.17) is 4.74 Å². The Labute approximate surface area is 137 Å². The molecule has 2 rings (SSSR count). The number of hydrogen-bond acceptors (Lipinski definition) is 3. The maximum absolute atomic E-state index is 11.9. The highest BCUT2D eigenvalue weighted by molar-refractivity contribution is 5.99. The number of hydrogen-bond donors (Lipinski definition) is 1. The van der Waals surface area contributed by atoms with Crippen molar-refractivity contribution in [1.29, 1.82) is 0 Å². The summed E-state index contributed by atoms with van der Waals surface area (Å²) >= 11 is 0. The molecule has 0 unspecified atom stereocenters. The average molecular weight is 310 g/mol. The van der Waals surface area contributed by atoms with Crippen molar-refractivity contribution in [1.82, 2.24) is 5.43 Å². The van der Waals surface area contributed by atoms with Crippen LogP contribution in [0.3, 0.4) is 0 Å². The van der Waals surface area contributed by atoms with E-state index in [9.17, 15) is 4.79 Å². The van der Waals surface area contributed by atoms with Gasteiger partial charge in [0, 0.05) is 6.42 Å². The van der Waals surface area contributed by atoms with Crippen molar-refractivity contribution in [3.05, 3.63) is 65.7 Å². The lowest BCUT2D eigenvalue weighted by molar-refractivity contribution is -0.121. The van der Waals surface area contributed by atoms with Crippen LogP contribution in [0.25, 0.3) is 0 Å². The van der Waals surface area contributed by atoms with Gasteiger partial charge in [0.25, 0.3) is 0 Å². The molecule has 0 aliphatic carbocycles. The molecule has 0 aliphatic rings.